The number of halogens is 1. The van der Waals surface area contributed by atoms with Crippen LogP contribution in [-0.2, 0) is 19.1 Å². The van der Waals surface area contributed by atoms with Gasteiger partial charge in [-0.15, -0.1) is 0 Å². The summed E-state index contributed by atoms with van der Waals surface area (Å²) in [5.74, 6) is -1.36. The van der Waals surface area contributed by atoms with Crippen LogP contribution in [0.2, 0.25) is 5.02 Å². The van der Waals surface area contributed by atoms with Crippen molar-refractivity contribution in [2.45, 2.75) is 23.1 Å². The number of aromatic amines is 1. The fraction of sp³-hybridized carbons (Fsp3) is 0.357. The number of hydrogen-bond acceptors (Lipinski definition) is 9. The van der Waals surface area contributed by atoms with E-state index in [4.69, 9.17) is 25.8 Å². The summed E-state index contributed by atoms with van der Waals surface area (Å²) in [5.41, 5.74) is 1.14. The molecule has 3 atom stereocenters. The summed E-state index contributed by atoms with van der Waals surface area (Å²) >= 11 is 8.28. The van der Waals surface area contributed by atoms with Gasteiger partial charge in [0, 0.05) is 28.9 Å². The average Bonchev–Trinajstić information content (AvgIpc) is 3.47. The van der Waals surface area contributed by atoms with Gasteiger partial charge in [0.1, 0.15) is 5.25 Å². The lowest BCUT2D eigenvalue weighted by Crippen LogP contribution is -2.43. The molecule has 0 bridgehead atoms. The number of thiazole rings is 1. The quantitative estimate of drug-likeness (QED) is 0.401. The van der Waals surface area contributed by atoms with Crippen molar-refractivity contribution in [2.24, 2.45) is 5.92 Å². The standard InChI is InChI=1S/C28H26ClN3O7S2/c1-2-38-19-13-15(3-8-18(19)39-14-20(33)31-9-11-37-12-10-31)21-22-24(40-25-23(21)41-28(36)30-25)27(35)32(26(22)34)17-6-4-16(29)5-7-17/h3-8,13,21-22,24H,2,9-12,14H2,1H3,(H,30,36). The van der Waals surface area contributed by atoms with Crippen molar-refractivity contribution in [3.8, 4) is 11.5 Å². The lowest BCUT2D eigenvalue weighted by molar-refractivity contribution is -0.137. The maximum Gasteiger partial charge on any atom is 0.305 e. The fourth-order valence-electron chi connectivity index (χ4n) is 5.37. The molecule has 41 heavy (non-hydrogen) atoms. The molecule has 2 saturated heterocycles. The van der Waals surface area contributed by atoms with E-state index in [9.17, 15) is 19.2 Å². The Bertz CT molecular complexity index is 1550. The second-order valence-corrected chi connectivity index (χ2v) is 12.3. The smallest absolute Gasteiger partial charge is 0.305 e. The lowest BCUT2D eigenvalue weighted by Gasteiger charge is -2.30. The van der Waals surface area contributed by atoms with Crippen molar-refractivity contribution in [2.75, 3.05) is 44.4 Å². The van der Waals surface area contributed by atoms with Crippen LogP contribution in [0.1, 0.15) is 23.3 Å². The van der Waals surface area contributed by atoms with E-state index in [0.717, 1.165) is 11.3 Å². The number of aromatic nitrogens is 1. The number of hydrogen-bond donors (Lipinski definition) is 1. The van der Waals surface area contributed by atoms with Crippen molar-refractivity contribution < 1.29 is 28.6 Å². The lowest BCUT2D eigenvalue weighted by atomic mass is 9.83. The molecule has 3 aliphatic heterocycles. The number of rotatable bonds is 7. The summed E-state index contributed by atoms with van der Waals surface area (Å²) < 4.78 is 17.1. The SMILES string of the molecule is CCOc1cc(C2c3sc(=O)[nH]c3SC3C(=O)N(c4ccc(Cl)cc4)C(=O)C32)ccc1OCC(=O)N1CCOCC1. The average molecular weight is 616 g/mol. The molecular weight excluding hydrogens is 590 g/mol. The molecule has 2 fully saturated rings. The fourth-order valence-corrected chi connectivity index (χ4v) is 8.01. The minimum Gasteiger partial charge on any atom is -0.490 e. The van der Waals surface area contributed by atoms with Gasteiger partial charge in [-0.2, -0.15) is 0 Å². The van der Waals surface area contributed by atoms with E-state index >= 15 is 0 Å². The first-order chi connectivity index (χ1) is 19.9. The largest absolute Gasteiger partial charge is 0.490 e. The number of nitrogens with zero attached hydrogens (tertiary/aromatic N) is 2. The van der Waals surface area contributed by atoms with Gasteiger partial charge in [-0.25, -0.2) is 4.90 Å². The van der Waals surface area contributed by atoms with Gasteiger partial charge in [0.2, 0.25) is 11.8 Å². The Morgan fingerprint density at radius 2 is 1.80 bits per heavy atom. The maximum atomic E-state index is 13.9. The van der Waals surface area contributed by atoms with Crippen molar-refractivity contribution in [3.63, 3.8) is 0 Å². The molecule has 6 rings (SSSR count). The second-order valence-electron chi connectivity index (χ2n) is 9.66. The Morgan fingerprint density at radius 3 is 2.54 bits per heavy atom. The van der Waals surface area contributed by atoms with Crippen LogP contribution in [0, 0.1) is 5.92 Å². The van der Waals surface area contributed by atoms with Gasteiger partial charge in [0.05, 0.1) is 36.5 Å². The zero-order valence-electron chi connectivity index (χ0n) is 22.0. The topological polar surface area (TPSA) is 118 Å². The minimum absolute atomic E-state index is 0.147. The van der Waals surface area contributed by atoms with Crippen LogP contribution in [0.5, 0.6) is 11.5 Å². The molecule has 4 heterocycles. The number of nitrogens with one attached hydrogen (secondary N) is 1. The highest BCUT2D eigenvalue weighted by Crippen LogP contribution is 2.53. The summed E-state index contributed by atoms with van der Waals surface area (Å²) in [5, 5.41) is 0.355. The van der Waals surface area contributed by atoms with Crippen molar-refractivity contribution in [1.82, 2.24) is 9.88 Å². The van der Waals surface area contributed by atoms with E-state index in [1.54, 1.807) is 47.4 Å². The Balaban J connectivity index is 1.34. The van der Waals surface area contributed by atoms with E-state index in [-0.39, 0.29) is 29.2 Å². The van der Waals surface area contributed by atoms with Gasteiger partial charge in [-0.3, -0.25) is 19.2 Å². The number of thioether (sulfide) groups is 1. The highest BCUT2D eigenvalue weighted by molar-refractivity contribution is 8.00. The normalized spacial score (nSPS) is 22.0. The van der Waals surface area contributed by atoms with Crippen LogP contribution >= 0.6 is 34.7 Å². The number of morpholine rings is 1. The van der Waals surface area contributed by atoms with Crippen LogP contribution in [0.25, 0.3) is 0 Å². The number of H-pyrrole nitrogens is 1. The summed E-state index contributed by atoms with van der Waals surface area (Å²) in [6.45, 7) is 4.05. The first-order valence-corrected chi connectivity index (χ1v) is 15.2. The third-order valence-corrected chi connectivity index (χ3v) is 9.90. The molecular formula is C28H26ClN3O7S2. The molecule has 3 unspecified atom stereocenters. The van der Waals surface area contributed by atoms with Crippen LogP contribution < -0.4 is 19.2 Å². The summed E-state index contributed by atoms with van der Waals surface area (Å²) in [4.78, 5) is 58.7. The van der Waals surface area contributed by atoms with E-state index in [0.29, 0.717) is 70.6 Å². The summed E-state index contributed by atoms with van der Waals surface area (Å²) in [6, 6.07) is 11.8. The molecule has 2 aromatic carbocycles. The molecule has 3 aliphatic rings. The number of imide groups is 1. The number of amides is 3. The molecule has 1 aromatic heterocycles. The molecule has 10 nitrogen and oxygen atoms in total. The van der Waals surface area contributed by atoms with Crippen molar-refractivity contribution in [1.29, 1.82) is 0 Å². The highest BCUT2D eigenvalue weighted by atomic mass is 35.5. The van der Waals surface area contributed by atoms with E-state index < -0.39 is 17.1 Å². The number of anilines is 1. The molecule has 13 heteroatoms. The van der Waals surface area contributed by atoms with Crippen LogP contribution in [0.4, 0.5) is 5.69 Å². The number of ether oxygens (including phenoxy) is 3. The maximum absolute atomic E-state index is 13.9. The van der Waals surface area contributed by atoms with Gasteiger partial charge < -0.3 is 24.1 Å². The van der Waals surface area contributed by atoms with Crippen LogP contribution in [0.3, 0.4) is 0 Å². The van der Waals surface area contributed by atoms with Crippen molar-refractivity contribution in [3.05, 3.63) is 67.6 Å². The molecule has 0 spiro atoms. The molecule has 0 saturated carbocycles. The number of fused-ring (bicyclic) bond motifs is 2. The third-order valence-electron chi connectivity index (χ3n) is 7.25. The number of carbonyl (C=O) groups is 3. The van der Waals surface area contributed by atoms with E-state index in [1.807, 2.05) is 6.92 Å². The third kappa shape index (κ3) is 5.25. The Hall–Kier alpha value is -3.32. The van der Waals surface area contributed by atoms with Crippen LogP contribution in [0.15, 0.2) is 52.3 Å². The van der Waals surface area contributed by atoms with Gasteiger partial charge >= 0.3 is 4.87 Å². The molecule has 0 aliphatic carbocycles. The Morgan fingerprint density at radius 1 is 1.05 bits per heavy atom. The Labute approximate surface area is 248 Å². The molecule has 3 amide bonds. The van der Waals surface area contributed by atoms with Gasteiger partial charge in [0.15, 0.2) is 18.1 Å². The zero-order chi connectivity index (χ0) is 28.7. The monoisotopic (exact) mass is 615 g/mol. The molecule has 3 aromatic rings. The Kier molecular flexibility index (Phi) is 7.82. The number of benzene rings is 2. The minimum atomic E-state index is -0.744. The predicted molar refractivity (Wildman–Crippen MR) is 154 cm³/mol. The van der Waals surface area contributed by atoms with E-state index in [1.165, 1.54) is 16.7 Å². The van der Waals surface area contributed by atoms with Crippen molar-refractivity contribution >= 4 is 58.1 Å². The summed E-state index contributed by atoms with van der Waals surface area (Å²) in [7, 11) is 0. The zero-order valence-corrected chi connectivity index (χ0v) is 24.4. The van der Waals surface area contributed by atoms with Gasteiger partial charge in [-0.05, 0) is 48.9 Å². The van der Waals surface area contributed by atoms with E-state index in [2.05, 4.69) is 4.98 Å². The summed E-state index contributed by atoms with van der Waals surface area (Å²) in [6.07, 6.45) is 0. The van der Waals surface area contributed by atoms with Gasteiger partial charge in [0.25, 0.3) is 5.91 Å². The molecule has 0 radical (unpaired) electrons. The number of carbonyl (C=O) groups excluding carboxylic acids is 3. The second kappa shape index (κ2) is 11.5. The molecule has 1 N–H and O–H groups in total. The van der Waals surface area contributed by atoms with Crippen LogP contribution in [-0.4, -0.2) is 72.4 Å². The first-order valence-electron chi connectivity index (χ1n) is 13.1. The first kappa shape index (κ1) is 27.8. The highest BCUT2D eigenvalue weighted by Gasteiger charge is 2.56. The van der Waals surface area contributed by atoms with Gasteiger partial charge in [-0.1, -0.05) is 40.8 Å². The predicted octanol–water partition coefficient (Wildman–Crippen LogP) is 3.52. The molecule has 214 valence electrons.